The van der Waals surface area contributed by atoms with Gasteiger partial charge in [-0.15, -0.1) is 11.8 Å². The Balaban J connectivity index is 1.61. The summed E-state index contributed by atoms with van der Waals surface area (Å²) in [6, 6.07) is 11.4. The molecule has 4 rings (SSSR count). The van der Waals surface area contributed by atoms with Gasteiger partial charge >= 0.3 is 5.97 Å². The fourth-order valence-corrected chi connectivity index (χ4v) is 4.49. The Morgan fingerprint density at radius 2 is 1.97 bits per heavy atom. The highest BCUT2D eigenvalue weighted by molar-refractivity contribution is 7.98. The van der Waals surface area contributed by atoms with E-state index in [1.807, 2.05) is 48.7 Å². The lowest BCUT2D eigenvalue weighted by atomic mass is 10.2. The van der Waals surface area contributed by atoms with Gasteiger partial charge in [-0.25, -0.2) is 9.78 Å². The number of imidazole rings is 1. The molecule has 0 saturated heterocycles. The molecule has 0 spiro atoms. The van der Waals surface area contributed by atoms with Gasteiger partial charge in [0.25, 0.3) is 0 Å². The zero-order valence-corrected chi connectivity index (χ0v) is 20.2. The van der Waals surface area contributed by atoms with Gasteiger partial charge in [0.15, 0.2) is 17.2 Å². The van der Waals surface area contributed by atoms with Crippen LogP contribution in [0.2, 0.25) is 5.02 Å². The van der Waals surface area contributed by atoms with Crippen LogP contribution in [-0.4, -0.2) is 35.5 Å². The lowest BCUT2D eigenvalue weighted by molar-refractivity contribution is 0.0323. The van der Waals surface area contributed by atoms with Gasteiger partial charge in [-0.2, -0.15) is 0 Å². The Hall–Kier alpha value is -2.84. The molecule has 1 aliphatic rings. The van der Waals surface area contributed by atoms with Gasteiger partial charge in [0.1, 0.15) is 10.8 Å². The Morgan fingerprint density at radius 1 is 1.24 bits per heavy atom. The molecule has 33 heavy (non-hydrogen) atoms. The molecular weight excluding hydrogens is 464 g/mol. The minimum atomic E-state index is -0.433. The van der Waals surface area contributed by atoms with Gasteiger partial charge in [-0.1, -0.05) is 30.7 Å². The van der Waals surface area contributed by atoms with Gasteiger partial charge in [0, 0.05) is 16.8 Å². The first-order valence-electron chi connectivity index (χ1n) is 10.6. The number of nitrogens with zero attached hydrogens (tertiary/aromatic N) is 2. The van der Waals surface area contributed by atoms with Crippen molar-refractivity contribution in [3.05, 3.63) is 64.6 Å². The van der Waals surface area contributed by atoms with Crippen molar-refractivity contribution in [2.75, 3.05) is 13.9 Å². The molecule has 0 saturated carbocycles. The first kappa shape index (κ1) is 23.3. The van der Waals surface area contributed by atoms with Crippen LogP contribution in [0, 0.1) is 0 Å². The number of fused-ring (bicyclic) bond motifs is 1. The van der Waals surface area contributed by atoms with Crippen molar-refractivity contribution in [2.24, 2.45) is 0 Å². The van der Waals surface area contributed by atoms with Gasteiger partial charge in [0.05, 0.1) is 26.1 Å². The molecule has 7 nitrogen and oxygen atoms in total. The van der Waals surface area contributed by atoms with Crippen molar-refractivity contribution in [2.45, 2.75) is 43.7 Å². The normalized spacial score (nSPS) is 13.1. The molecule has 0 amide bonds. The Labute approximate surface area is 202 Å². The zero-order chi connectivity index (χ0) is 23.4. The maximum Gasteiger partial charge on any atom is 0.360 e. The molecular formula is C24H25ClN2O5S. The molecule has 0 radical (unpaired) electrons. The quantitative estimate of drug-likeness (QED) is 0.288. The van der Waals surface area contributed by atoms with E-state index in [0.29, 0.717) is 39.5 Å². The molecule has 2 aromatic carbocycles. The van der Waals surface area contributed by atoms with Crippen LogP contribution in [0.25, 0.3) is 0 Å². The maximum absolute atomic E-state index is 12.8. The van der Waals surface area contributed by atoms with Crippen LogP contribution in [0.15, 0.2) is 47.8 Å². The smallest absolute Gasteiger partial charge is 0.360 e. The van der Waals surface area contributed by atoms with Gasteiger partial charge < -0.3 is 23.5 Å². The van der Waals surface area contributed by atoms with Gasteiger partial charge in [-0.05, 0) is 42.7 Å². The second kappa shape index (κ2) is 10.4. The third-order valence-corrected chi connectivity index (χ3v) is 6.81. The second-order valence-electron chi connectivity index (χ2n) is 7.58. The van der Waals surface area contributed by atoms with Crippen LogP contribution in [0.3, 0.4) is 0 Å². The maximum atomic E-state index is 12.8. The SMILES string of the molecule is CCC(C)OC(=O)c1ncn(Cc2cc3c(cc2Cl)OCO3)c1SCc1ccc(OC)cc1. The molecule has 174 valence electrons. The highest BCUT2D eigenvalue weighted by atomic mass is 35.5. The van der Waals surface area contributed by atoms with E-state index in [-0.39, 0.29) is 12.9 Å². The van der Waals surface area contributed by atoms with E-state index in [1.54, 1.807) is 19.5 Å². The average molecular weight is 489 g/mol. The minimum absolute atomic E-state index is 0.175. The number of thioether (sulfide) groups is 1. The number of rotatable bonds is 9. The number of carbonyl (C=O) groups excluding carboxylic acids is 1. The molecule has 1 atom stereocenters. The molecule has 1 unspecified atom stereocenters. The van der Waals surface area contributed by atoms with E-state index in [2.05, 4.69) is 4.98 Å². The van der Waals surface area contributed by atoms with Crippen molar-refractivity contribution in [3.8, 4) is 17.2 Å². The minimum Gasteiger partial charge on any atom is -0.497 e. The molecule has 0 aliphatic carbocycles. The second-order valence-corrected chi connectivity index (χ2v) is 8.96. The highest BCUT2D eigenvalue weighted by Crippen LogP contribution is 2.38. The molecule has 0 fully saturated rings. The Kier molecular flexibility index (Phi) is 7.35. The van der Waals surface area contributed by atoms with Crippen molar-refractivity contribution in [3.63, 3.8) is 0 Å². The Bertz CT molecular complexity index is 1130. The highest BCUT2D eigenvalue weighted by Gasteiger charge is 2.23. The summed E-state index contributed by atoms with van der Waals surface area (Å²) in [5.41, 5.74) is 2.23. The standard InChI is InChI=1S/C24H25ClN2O5S/c1-4-15(2)32-24(28)22-23(33-12-16-5-7-18(29-3)8-6-16)27(13-26-22)11-17-9-20-21(10-19(17)25)31-14-30-20/h5-10,13,15H,4,11-12,14H2,1-3H3. The zero-order valence-electron chi connectivity index (χ0n) is 18.7. The van der Waals surface area contributed by atoms with Gasteiger partial charge in [0.2, 0.25) is 6.79 Å². The molecule has 3 aromatic rings. The summed E-state index contributed by atoms with van der Waals surface area (Å²) in [4.78, 5) is 17.2. The fraction of sp³-hybridized carbons (Fsp3) is 0.333. The van der Waals surface area contributed by atoms with Crippen molar-refractivity contribution < 1.29 is 23.7 Å². The van der Waals surface area contributed by atoms with E-state index in [9.17, 15) is 4.79 Å². The Morgan fingerprint density at radius 3 is 2.67 bits per heavy atom. The third kappa shape index (κ3) is 5.39. The van der Waals surface area contributed by atoms with E-state index >= 15 is 0 Å². The lowest BCUT2D eigenvalue weighted by Gasteiger charge is -2.13. The van der Waals surface area contributed by atoms with Gasteiger partial charge in [-0.3, -0.25) is 0 Å². The van der Waals surface area contributed by atoms with Crippen LogP contribution in [-0.2, 0) is 17.0 Å². The number of carbonyl (C=O) groups is 1. The molecule has 1 aromatic heterocycles. The number of benzene rings is 2. The van der Waals surface area contributed by atoms with Crippen LogP contribution >= 0.6 is 23.4 Å². The van der Waals surface area contributed by atoms with Crippen LogP contribution in [0.1, 0.15) is 41.9 Å². The summed E-state index contributed by atoms with van der Waals surface area (Å²) in [6.45, 7) is 4.43. The predicted octanol–water partition coefficient (Wildman–Crippen LogP) is 5.57. The summed E-state index contributed by atoms with van der Waals surface area (Å²) < 4.78 is 23.6. The number of hydrogen-bond acceptors (Lipinski definition) is 7. The molecule has 0 bridgehead atoms. The number of hydrogen-bond donors (Lipinski definition) is 0. The fourth-order valence-electron chi connectivity index (χ4n) is 3.23. The number of ether oxygens (including phenoxy) is 4. The van der Waals surface area contributed by atoms with E-state index in [4.69, 9.17) is 30.5 Å². The molecule has 1 aliphatic heterocycles. The summed E-state index contributed by atoms with van der Waals surface area (Å²) in [6.07, 6.45) is 2.18. The lowest BCUT2D eigenvalue weighted by Crippen LogP contribution is -2.15. The number of halogens is 1. The van der Waals surface area contributed by atoms with Crippen LogP contribution < -0.4 is 14.2 Å². The summed E-state index contributed by atoms with van der Waals surface area (Å²) in [5.74, 6) is 2.29. The van der Waals surface area contributed by atoms with E-state index in [0.717, 1.165) is 23.3 Å². The van der Waals surface area contributed by atoms with Crippen molar-refractivity contribution in [1.29, 1.82) is 0 Å². The van der Waals surface area contributed by atoms with E-state index < -0.39 is 5.97 Å². The number of aromatic nitrogens is 2. The summed E-state index contributed by atoms with van der Waals surface area (Å²) >= 11 is 8.01. The molecule has 2 heterocycles. The molecule has 0 N–H and O–H groups in total. The largest absolute Gasteiger partial charge is 0.497 e. The van der Waals surface area contributed by atoms with Crippen molar-refractivity contribution >= 4 is 29.3 Å². The molecule has 9 heteroatoms. The van der Waals surface area contributed by atoms with Crippen LogP contribution in [0.4, 0.5) is 0 Å². The topological polar surface area (TPSA) is 71.8 Å². The number of methoxy groups -OCH3 is 1. The monoisotopic (exact) mass is 488 g/mol. The number of esters is 1. The summed E-state index contributed by atoms with van der Waals surface area (Å²) in [7, 11) is 1.64. The first-order valence-corrected chi connectivity index (χ1v) is 11.9. The van der Waals surface area contributed by atoms with Crippen molar-refractivity contribution in [1.82, 2.24) is 9.55 Å². The average Bonchev–Trinajstić information content (AvgIpc) is 3.44. The first-order chi connectivity index (χ1) is 16.0. The van der Waals surface area contributed by atoms with Crippen LogP contribution in [0.5, 0.6) is 17.2 Å². The van der Waals surface area contributed by atoms with E-state index in [1.165, 1.54) is 11.8 Å². The third-order valence-electron chi connectivity index (χ3n) is 5.28. The summed E-state index contributed by atoms with van der Waals surface area (Å²) in [5, 5.41) is 1.27. The predicted molar refractivity (Wildman–Crippen MR) is 127 cm³/mol.